The van der Waals surface area contributed by atoms with Crippen LogP contribution in [0, 0.1) is 27.9 Å². The molecule has 0 radical (unpaired) electrons. The molecule has 0 spiro atoms. The van der Waals surface area contributed by atoms with E-state index in [1.807, 2.05) is 51.1 Å². The maximum absolute atomic E-state index is 14.2. The van der Waals surface area contributed by atoms with Gasteiger partial charge in [-0.2, -0.15) is 0 Å². The van der Waals surface area contributed by atoms with Gasteiger partial charge in [0.1, 0.15) is 17.8 Å². The second kappa shape index (κ2) is 23.2. The number of likely N-dealkylation sites (tertiary alicyclic amines) is 2. The second-order valence-electron chi connectivity index (χ2n) is 15.0. The van der Waals surface area contributed by atoms with Crippen LogP contribution >= 0.6 is 0 Å². The van der Waals surface area contributed by atoms with Gasteiger partial charge in [-0.1, -0.05) is 70.4 Å². The summed E-state index contributed by atoms with van der Waals surface area (Å²) in [6, 6.07) is 6.72. The highest BCUT2D eigenvalue weighted by Crippen LogP contribution is 2.30. The molecule has 5 atom stereocenters. The Morgan fingerprint density at radius 3 is 2.25 bits per heavy atom. The summed E-state index contributed by atoms with van der Waals surface area (Å²) >= 11 is 0. The first-order valence-electron chi connectivity index (χ1n) is 19.9. The number of nitrogens with zero attached hydrogens (tertiary/aromatic N) is 4. The highest BCUT2D eigenvalue weighted by Gasteiger charge is 2.44. The van der Waals surface area contributed by atoms with E-state index < -0.39 is 46.9 Å². The average molecular weight is 785 g/mol. The number of guanidine groups is 1. The fraction of sp³-hybridized carbons (Fsp3) is 0.667. The number of rotatable bonds is 23. The van der Waals surface area contributed by atoms with Gasteiger partial charge in [0.25, 0.3) is 5.96 Å². The summed E-state index contributed by atoms with van der Waals surface area (Å²) in [4.78, 5) is 95.1. The minimum absolute atomic E-state index is 0.0101. The van der Waals surface area contributed by atoms with Crippen molar-refractivity contribution in [3.05, 3.63) is 46.0 Å². The molecule has 2 heterocycles. The van der Waals surface area contributed by atoms with Crippen LogP contribution in [0.25, 0.3) is 0 Å². The number of hydrazone groups is 1. The van der Waals surface area contributed by atoms with Crippen LogP contribution in [-0.4, -0.2) is 100 Å². The van der Waals surface area contributed by atoms with Crippen molar-refractivity contribution in [2.24, 2.45) is 34.3 Å². The number of esters is 1. The van der Waals surface area contributed by atoms with Crippen molar-refractivity contribution in [3.63, 3.8) is 0 Å². The number of nitrogens with two attached hydrogens (primary N) is 2. The maximum atomic E-state index is 14.2. The van der Waals surface area contributed by atoms with Gasteiger partial charge in [-0.3, -0.25) is 28.8 Å². The zero-order valence-electron chi connectivity index (χ0n) is 33.0. The van der Waals surface area contributed by atoms with E-state index in [9.17, 15) is 38.9 Å². The van der Waals surface area contributed by atoms with Gasteiger partial charge in [-0.25, -0.2) is 10.1 Å². The number of ether oxygens (including phenoxy) is 1. The van der Waals surface area contributed by atoms with Gasteiger partial charge in [0, 0.05) is 38.4 Å². The molecule has 5 unspecified atom stereocenters. The lowest BCUT2D eigenvalue weighted by atomic mass is 9.88. The molecule has 17 nitrogen and oxygen atoms in total. The number of carbonyl (C=O) groups is 6. The van der Waals surface area contributed by atoms with Crippen LogP contribution in [0.15, 0.2) is 35.4 Å². The summed E-state index contributed by atoms with van der Waals surface area (Å²) in [6.07, 6.45) is 5.22. The molecule has 1 aromatic carbocycles. The summed E-state index contributed by atoms with van der Waals surface area (Å²) < 4.78 is 5.59. The molecule has 56 heavy (non-hydrogen) atoms. The molecule has 17 heteroatoms. The number of benzene rings is 1. The minimum Gasteiger partial charge on any atom is -0.461 e. The fourth-order valence-corrected chi connectivity index (χ4v) is 7.47. The SMILES string of the molecule is CCCCCC(CC(=O)C(NC(=O)CN)C(C)C)C(=O)N1CCCC1C(=O)N1CCCC1C(=O)CC(CCCN/C(N)=N/[N+](=O)[O-])C(=O)OCc1ccccc1. The van der Waals surface area contributed by atoms with Crippen molar-refractivity contribution in [1.82, 2.24) is 20.4 Å². The smallest absolute Gasteiger partial charge is 0.309 e. The van der Waals surface area contributed by atoms with Crippen molar-refractivity contribution in [1.29, 1.82) is 0 Å². The molecule has 0 bridgehead atoms. The molecule has 6 N–H and O–H groups in total. The standard InChI is InChI=1S/C39H60N8O9/c1-4-5-7-15-28(22-33(49)35(26(2)3)43-34(50)24-40)36(51)46-21-12-18-31(46)37(52)45-20-11-17-30(45)32(48)23-29(16-10-19-42-39(41)44-47(54)55)38(53)56-25-27-13-8-6-9-14-27/h6,8-9,13-14,26,28-31,35H,4-5,7,10-12,15-25,40H2,1-3H3,(H,43,50)(H3,41,42,44). The van der Waals surface area contributed by atoms with E-state index in [1.165, 1.54) is 4.90 Å². The van der Waals surface area contributed by atoms with Gasteiger partial charge >= 0.3 is 5.97 Å². The van der Waals surface area contributed by atoms with E-state index in [0.717, 1.165) is 24.8 Å². The monoisotopic (exact) mass is 784 g/mol. The number of nitrogens with one attached hydrogen (secondary N) is 2. The number of unbranched alkanes of at least 4 members (excludes halogenated alkanes) is 2. The predicted molar refractivity (Wildman–Crippen MR) is 208 cm³/mol. The van der Waals surface area contributed by atoms with Crippen LogP contribution in [0.1, 0.15) is 103 Å². The Bertz CT molecular complexity index is 1540. The van der Waals surface area contributed by atoms with Gasteiger partial charge in [0.05, 0.1) is 24.5 Å². The van der Waals surface area contributed by atoms with Crippen LogP contribution in [-0.2, 0) is 40.1 Å². The fourth-order valence-electron chi connectivity index (χ4n) is 7.47. The molecule has 1 aromatic rings. The zero-order chi connectivity index (χ0) is 41.2. The average Bonchev–Trinajstić information content (AvgIpc) is 3.87. The quantitative estimate of drug-likeness (QED) is 0.0312. The Morgan fingerprint density at radius 2 is 1.61 bits per heavy atom. The van der Waals surface area contributed by atoms with Crippen LogP contribution in [0.4, 0.5) is 0 Å². The third kappa shape index (κ3) is 14.0. The molecule has 0 aromatic heterocycles. The maximum Gasteiger partial charge on any atom is 0.309 e. The van der Waals surface area contributed by atoms with Gasteiger partial charge in [0.15, 0.2) is 16.6 Å². The van der Waals surface area contributed by atoms with E-state index in [4.69, 9.17) is 16.2 Å². The number of hydrogen-bond donors (Lipinski definition) is 4. The first-order chi connectivity index (χ1) is 26.8. The van der Waals surface area contributed by atoms with Crippen molar-refractivity contribution in [3.8, 4) is 0 Å². The normalized spacial score (nSPS) is 18.6. The highest BCUT2D eigenvalue weighted by atomic mass is 16.7. The van der Waals surface area contributed by atoms with Gasteiger partial charge in [-0.15, -0.1) is 0 Å². The van der Waals surface area contributed by atoms with Gasteiger partial charge < -0.3 is 36.6 Å². The summed E-state index contributed by atoms with van der Waals surface area (Å²) in [7, 11) is 0. The number of nitro groups is 1. The van der Waals surface area contributed by atoms with Crippen LogP contribution in [0.5, 0.6) is 0 Å². The Hall–Kier alpha value is -4.93. The molecule has 3 rings (SSSR count). The Kier molecular flexibility index (Phi) is 18.8. The topological polar surface area (TPSA) is 250 Å². The van der Waals surface area contributed by atoms with E-state index in [1.54, 1.807) is 4.90 Å². The number of hydrogen-bond acceptors (Lipinski definition) is 10. The Morgan fingerprint density at radius 1 is 0.946 bits per heavy atom. The first-order valence-corrected chi connectivity index (χ1v) is 19.9. The van der Waals surface area contributed by atoms with E-state index in [-0.39, 0.29) is 74.2 Å². The molecule has 3 amide bonds. The summed E-state index contributed by atoms with van der Waals surface area (Å²) in [5.74, 6) is -4.32. The zero-order valence-corrected chi connectivity index (χ0v) is 33.0. The summed E-state index contributed by atoms with van der Waals surface area (Å²) in [5, 5.41) is 18.0. The van der Waals surface area contributed by atoms with Crippen molar-refractivity contribution < 1.29 is 38.5 Å². The highest BCUT2D eigenvalue weighted by molar-refractivity contribution is 5.97. The van der Waals surface area contributed by atoms with Crippen LogP contribution in [0.3, 0.4) is 0 Å². The Labute approximate surface area is 328 Å². The molecular weight excluding hydrogens is 724 g/mol. The summed E-state index contributed by atoms with van der Waals surface area (Å²) in [5.41, 5.74) is 11.8. The molecular formula is C39H60N8O9. The lowest BCUT2D eigenvalue weighted by molar-refractivity contribution is -0.485. The lowest BCUT2D eigenvalue weighted by Crippen LogP contribution is -2.52. The van der Waals surface area contributed by atoms with Crippen molar-refractivity contribution in [2.75, 3.05) is 26.2 Å². The van der Waals surface area contributed by atoms with Crippen LogP contribution in [0.2, 0.25) is 0 Å². The number of carbonyl (C=O) groups excluding carboxylic acids is 6. The molecule has 0 saturated carbocycles. The van der Waals surface area contributed by atoms with Crippen molar-refractivity contribution in [2.45, 2.75) is 123 Å². The minimum atomic E-state index is -0.928. The molecule has 2 saturated heterocycles. The molecule has 2 fully saturated rings. The number of amides is 3. The van der Waals surface area contributed by atoms with E-state index in [0.29, 0.717) is 51.6 Å². The molecule has 0 aliphatic carbocycles. The van der Waals surface area contributed by atoms with E-state index >= 15 is 0 Å². The van der Waals surface area contributed by atoms with Gasteiger partial charge in [-0.05, 0) is 56.4 Å². The third-order valence-corrected chi connectivity index (χ3v) is 10.4. The van der Waals surface area contributed by atoms with Crippen LogP contribution < -0.4 is 22.1 Å². The third-order valence-electron chi connectivity index (χ3n) is 10.4. The van der Waals surface area contributed by atoms with E-state index in [2.05, 4.69) is 15.7 Å². The predicted octanol–water partition coefficient (Wildman–Crippen LogP) is 2.42. The number of Topliss-reactive ketones (excluding diaryl/α,β-unsaturated/α-hetero) is 2. The largest absolute Gasteiger partial charge is 0.461 e. The molecule has 2 aliphatic rings. The molecule has 2 aliphatic heterocycles. The Balaban J connectivity index is 1.74. The van der Waals surface area contributed by atoms with Gasteiger partial charge in [0.2, 0.25) is 17.7 Å². The summed E-state index contributed by atoms with van der Waals surface area (Å²) in [6.45, 7) is 6.25. The number of ketones is 2. The van der Waals surface area contributed by atoms with Crippen molar-refractivity contribution >= 4 is 41.2 Å². The first kappa shape index (κ1) is 45.5. The second-order valence-corrected chi connectivity index (χ2v) is 15.0. The molecule has 310 valence electrons. The lowest BCUT2D eigenvalue weighted by Gasteiger charge is -2.33.